The highest BCUT2D eigenvalue weighted by atomic mass is 79.9. The first-order valence-electron chi connectivity index (χ1n) is 9.53. The number of esters is 1. The molecule has 168 valence electrons. The van der Waals surface area contributed by atoms with E-state index in [1.54, 1.807) is 36.0 Å². The van der Waals surface area contributed by atoms with Crippen molar-refractivity contribution in [2.24, 2.45) is 5.41 Å². The third kappa shape index (κ3) is 7.66. The van der Waals surface area contributed by atoms with Crippen molar-refractivity contribution in [2.45, 2.75) is 31.3 Å². The number of ether oxygens (including phenoxy) is 2. The third-order valence-electron chi connectivity index (χ3n) is 4.68. The summed E-state index contributed by atoms with van der Waals surface area (Å²) in [4.78, 5) is 25.2. The van der Waals surface area contributed by atoms with Gasteiger partial charge in [-0.15, -0.1) is 11.8 Å². The summed E-state index contributed by atoms with van der Waals surface area (Å²) in [6.07, 6.45) is 0.923. The maximum Gasteiger partial charge on any atom is 0.412 e. The highest BCUT2D eigenvalue weighted by Gasteiger charge is 2.36. The Hall–Kier alpha value is -1.84. The molecular weight excluding hydrogens is 502 g/mol. The number of phenolic OH excluding ortho intramolecular Hbond substituents is 1. The van der Waals surface area contributed by atoms with Crippen molar-refractivity contribution in [3.8, 4) is 5.75 Å². The zero-order chi connectivity index (χ0) is 23.0. The van der Waals surface area contributed by atoms with E-state index in [9.17, 15) is 14.7 Å². The second-order valence-electron chi connectivity index (χ2n) is 7.46. The number of hydrogen-bond acceptors (Lipinski definition) is 7. The minimum absolute atomic E-state index is 0.00533. The van der Waals surface area contributed by atoms with E-state index < -0.39 is 23.6 Å². The maximum atomic E-state index is 12.7. The molecule has 0 unspecified atom stereocenters. The maximum absolute atomic E-state index is 12.7. The summed E-state index contributed by atoms with van der Waals surface area (Å²) in [5.41, 5.74) is 0.392. The van der Waals surface area contributed by atoms with Gasteiger partial charge >= 0.3 is 12.1 Å². The molecule has 0 radical (unpaired) electrons. The summed E-state index contributed by atoms with van der Waals surface area (Å²) < 4.78 is 11.7. The minimum Gasteiger partial charge on any atom is -0.508 e. The molecule has 2 aromatic carbocycles. The molecule has 0 bridgehead atoms. The molecule has 2 N–H and O–H groups in total. The molecule has 6 nitrogen and oxygen atoms in total. The number of carbonyl (C=O) groups excluding carboxylic acids is 2. The predicted molar refractivity (Wildman–Crippen MR) is 130 cm³/mol. The summed E-state index contributed by atoms with van der Waals surface area (Å²) >= 11 is 8.90. The van der Waals surface area contributed by atoms with Gasteiger partial charge in [-0.1, -0.05) is 29.8 Å². The number of rotatable bonds is 9. The highest BCUT2D eigenvalue weighted by Crippen LogP contribution is 2.43. The molecule has 0 saturated heterocycles. The Bertz CT molecular complexity index is 905. The van der Waals surface area contributed by atoms with Crippen LogP contribution < -0.4 is 5.32 Å². The van der Waals surface area contributed by atoms with Crippen LogP contribution in [0.15, 0.2) is 51.8 Å². The molecule has 0 aliphatic heterocycles. The zero-order valence-corrected chi connectivity index (χ0v) is 20.9. The molecule has 2 rings (SSSR count). The standard InChI is InChI=1S/C22H26BrNO5S2/c1-22(2,10-11-28-19(26)13-30)20(17-12-14(23)4-9-18(17)25)29-21(27)24-15-5-7-16(31-3)8-6-15/h4-9,12,20,25,30H,10-11,13H2,1-3H3,(H,24,27)/t20-/m0/s1. The van der Waals surface area contributed by atoms with Gasteiger partial charge in [-0.3, -0.25) is 10.1 Å². The molecular formula is C22H26BrNO5S2. The summed E-state index contributed by atoms with van der Waals surface area (Å²) in [7, 11) is 0. The Labute approximate surface area is 200 Å². The number of thiol groups is 1. The van der Waals surface area contributed by atoms with E-state index in [1.807, 2.05) is 32.2 Å². The lowest BCUT2D eigenvalue weighted by Gasteiger charge is -2.34. The summed E-state index contributed by atoms with van der Waals surface area (Å²) in [6, 6.07) is 12.3. The normalized spacial score (nSPS) is 12.2. The lowest BCUT2D eigenvalue weighted by Crippen LogP contribution is -2.30. The topological polar surface area (TPSA) is 84.9 Å². The van der Waals surface area contributed by atoms with Crippen molar-refractivity contribution >= 4 is 58.1 Å². The highest BCUT2D eigenvalue weighted by molar-refractivity contribution is 9.10. The van der Waals surface area contributed by atoms with Gasteiger partial charge in [0.15, 0.2) is 0 Å². The number of amides is 1. The van der Waals surface area contributed by atoms with Crippen LogP contribution in [0, 0.1) is 5.41 Å². The Kier molecular flexibility index (Phi) is 9.58. The second-order valence-corrected chi connectivity index (χ2v) is 9.57. The SMILES string of the molecule is CSc1ccc(NC(=O)O[C@@H](c2cc(Br)ccc2O)C(C)(C)CCOC(=O)CS)cc1. The van der Waals surface area contributed by atoms with Crippen LogP contribution >= 0.6 is 40.3 Å². The van der Waals surface area contributed by atoms with Gasteiger partial charge in [-0.25, -0.2) is 4.79 Å². The Morgan fingerprint density at radius 2 is 1.90 bits per heavy atom. The fourth-order valence-corrected chi connectivity index (χ4v) is 3.79. The molecule has 0 aromatic heterocycles. The van der Waals surface area contributed by atoms with Crippen LogP contribution in [0.1, 0.15) is 31.9 Å². The van der Waals surface area contributed by atoms with Crippen LogP contribution in [-0.2, 0) is 14.3 Å². The van der Waals surface area contributed by atoms with Gasteiger partial charge < -0.3 is 14.6 Å². The monoisotopic (exact) mass is 527 g/mol. The number of halogens is 1. The van der Waals surface area contributed by atoms with E-state index in [1.165, 1.54) is 6.07 Å². The van der Waals surface area contributed by atoms with Gasteiger partial charge in [-0.05, 0) is 55.1 Å². The number of phenols is 1. The van der Waals surface area contributed by atoms with Gasteiger partial charge in [0.1, 0.15) is 11.9 Å². The fraction of sp³-hybridized carbons (Fsp3) is 0.364. The Morgan fingerprint density at radius 1 is 1.23 bits per heavy atom. The molecule has 31 heavy (non-hydrogen) atoms. The molecule has 0 aliphatic carbocycles. The van der Waals surface area contributed by atoms with Crippen LogP contribution in [0.4, 0.5) is 10.5 Å². The summed E-state index contributed by atoms with van der Waals surface area (Å²) in [5.74, 6) is -0.427. The molecule has 0 saturated carbocycles. The molecule has 0 aliphatic rings. The number of hydrogen-bond donors (Lipinski definition) is 3. The lowest BCUT2D eigenvalue weighted by atomic mass is 9.79. The van der Waals surface area contributed by atoms with Gasteiger partial charge in [0.05, 0.1) is 12.4 Å². The van der Waals surface area contributed by atoms with E-state index in [4.69, 9.17) is 9.47 Å². The van der Waals surface area contributed by atoms with E-state index in [2.05, 4.69) is 33.9 Å². The fourth-order valence-electron chi connectivity index (χ4n) is 2.91. The molecule has 1 atom stereocenters. The van der Waals surface area contributed by atoms with Gasteiger partial charge in [0.25, 0.3) is 0 Å². The molecule has 2 aromatic rings. The van der Waals surface area contributed by atoms with E-state index in [0.29, 0.717) is 17.7 Å². The zero-order valence-electron chi connectivity index (χ0n) is 17.6. The number of aromatic hydroxyl groups is 1. The number of nitrogens with one attached hydrogen (secondary N) is 1. The first kappa shape index (κ1) is 25.4. The van der Waals surface area contributed by atoms with Gasteiger partial charge in [0.2, 0.25) is 0 Å². The smallest absolute Gasteiger partial charge is 0.412 e. The minimum atomic E-state index is -0.801. The van der Waals surface area contributed by atoms with Crippen LogP contribution in [0.3, 0.4) is 0 Å². The lowest BCUT2D eigenvalue weighted by molar-refractivity contribution is -0.141. The van der Waals surface area contributed by atoms with Crippen molar-refractivity contribution in [3.05, 3.63) is 52.5 Å². The van der Waals surface area contributed by atoms with Gasteiger partial charge in [-0.2, -0.15) is 12.6 Å². The number of thioether (sulfide) groups is 1. The third-order valence-corrected chi connectivity index (χ3v) is 6.18. The Morgan fingerprint density at radius 3 is 2.52 bits per heavy atom. The van der Waals surface area contributed by atoms with Crippen molar-refractivity contribution in [1.82, 2.24) is 0 Å². The van der Waals surface area contributed by atoms with Crippen LogP contribution in [0.2, 0.25) is 0 Å². The van der Waals surface area contributed by atoms with E-state index in [-0.39, 0.29) is 18.1 Å². The first-order chi connectivity index (χ1) is 14.7. The molecule has 1 amide bonds. The van der Waals surface area contributed by atoms with Crippen molar-refractivity contribution in [1.29, 1.82) is 0 Å². The van der Waals surface area contributed by atoms with Crippen molar-refractivity contribution in [3.63, 3.8) is 0 Å². The number of carbonyl (C=O) groups is 2. The second kappa shape index (κ2) is 11.7. The molecule has 0 spiro atoms. The molecule has 9 heteroatoms. The largest absolute Gasteiger partial charge is 0.508 e. The Balaban J connectivity index is 2.22. The predicted octanol–water partition coefficient (Wildman–Crippen LogP) is 6.06. The van der Waals surface area contributed by atoms with Crippen LogP contribution in [0.5, 0.6) is 5.75 Å². The van der Waals surface area contributed by atoms with Crippen molar-refractivity contribution in [2.75, 3.05) is 23.9 Å². The summed E-state index contributed by atoms with van der Waals surface area (Å²) in [5, 5.41) is 13.2. The van der Waals surface area contributed by atoms with Crippen LogP contribution in [-0.4, -0.2) is 35.8 Å². The van der Waals surface area contributed by atoms with E-state index in [0.717, 1.165) is 9.37 Å². The quantitative estimate of drug-likeness (QED) is 0.209. The van der Waals surface area contributed by atoms with Gasteiger partial charge in [0, 0.05) is 26.0 Å². The average molecular weight is 528 g/mol. The molecule has 0 fully saturated rings. The first-order valence-corrected chi connectivity index (χ1v) is 12.2. The van der Waals surface area contributed by atoms with Crippen molar-refractivity contribution < 1.29 is 24.2 Å². The number of benzene rings is 2. The van der Waals surface area contributed by atoms with E-state index >= 15 is 0 Å². The van der Waals surface area contributed by atoms with Crippen LogP contribution in [0.25, 0.3) is 0 Å². The molecule has 0 heterocycles. The number of anilines is 1. The summed E-state index contributed by atoms with van der Waals surface area (Å²) in [6.45, 7) is 3.90. The average Bonchev–Trinajstić information content (AvgIpc) is 2.74.